The Morgan fingerprint density at radius 2 is 1.86 bits per heavy atom. The van der Waals surface area contributed by atoms with Crippen molar-refractivity contribution < 1.29 is 14.3 Å². The Balaban J connectivity index is 2.30. The number of ether oxygens (including phenoxy) is 1. The lowest BCUT2D eigenvalue weighted by Gasteiger charge is -2.11. The van der Waals surface area contributed by atoms with Crippen molar-refractivity contribution in [2.24, 2.45) is 0 Å². The van der Waals surface area contributed by atoms with Crippen molar-refractivity contribution in [3.63, 3.8) is 0 Å². The second-order valence-corrected chi connectivity index (χ2v) is 4.66. The average Bonchev–Trinajstić information content (AvgIpc) is 2.46. The molecule has 0 aromatic heterocycles. The van der Waals surface area contributed by atoms with E-state index >= 15 is 0 Å². The van der Waals surface area contributed by atoms with Crippen LogP contribution in [0.4, 0.5) is 11.4 Å². The van der Waals surface area contributed by atoms with E-state index < -0.39 is 11.9 Å². The molecular weight excluding hydrogens is 292 g/mol. The van der Waals surface area contributed by atoms with Crippen LogP contribution in [0.3, 0.4) is 0 Å². The van der Waals surface area contributed by atoms with Gasteiger partial charge in [-0.05, 0) is 30.3 Å². The van der Waals surface area contributed by atoms with E-state index in [9.17, 15) is 9.59 Å². The number of benzene rings is 2. The molecule has 0 saturated heterocycles. The highest BCUT2D eigenvalue weighted by atomic mass is 35.5. The zero-order chi connectivity index (χ0) is 15.4. The molecule has 0 aliphatic heterocycles. The number of hydrogen-bond acceptors (Lipinski definition) is 4. The van der Waals surface area contributed by atoms with E-state index in [2.05, 4.69) is 10.1 Å². The highest BCUT2D eigenvalue weighted by molar-refractivity contribution is 6.31. The highest BCUT2D eigenvalue weighted by Crippen LogP contribution is 2.21. The first-order valence-electron chi connectivity index (χ1n) is 6.06. The summed E-state index contributed by atoms with van der Waals surface area (Å²) in [5.74, 6) is -0.963. The molecule has 0 atom stereocenters. The maximum absolute atomic E-state index is 12.2. The number of carbonyl (C=O) groups excluding carboxylic acids is 2. The molecule has 0 bridgehead atoms. The fourth-order valence-corrected chi connectivity index (χ4v) is 1.99. The first-order valence-corrected chi connectivity index (χ1v) is 6.44. The number of carbonyl (C=O) groups is 2. The van der Waals surface area contributed by atoms with Crippen molar-refractivity contribution >= 4 is 34.9 Å². The molecule has 108 valence electrons. The summed E-state index contributed by atoms with van der Waals surface area (Å²) in [5.41, 5.74) is 6.92. The fourth-order valence-electron chi connectivity index (χ4n) is 1.81. The monoisotopic (exact) mass is 304 g/mol. The van der Waals surface area contributed by atoms with Gasteiger partial charge in [-0.2, -0.15) is 0 Å². The smallest absolute Gasteiger partial charge is 0.339 e. The minimum atomic E-state index is -0.532. The predicted octanol–water partition coefficient (Wildman–Crippen LogP) is 2.96. The van der Waals surface area contributed by atoms with Gasteiger partial charge in [-0.1, -0.05) is 23.7 Å². The lowest BCUT2D eigenvalue weighted by Crippen LogP contribution is -2.16. The van der Waals surface area contributed by atoms with E-state index in [4.69, 9.17) is 17.3 Å². The number of anilines is 2. The van der Waals surface area contributed by atoms with Crippen LogP contribution in [0, 0.1) is 0 Å². The Hall–Kier alpha value is -2.53. The molecule has 0 heterocycles. The van der Waals surface area contributed by atoms with Gasteiger partial charge < -0.3 is 15.8 Å². The molecule has 1 amide bonds. The molecular formula is C15H13ClN2O3. The van der Waals surface area contributed by atoms with E-state index in [1.165, 1.54) is 19.2 Å². The minimum Gasteiger partial charge on any atom is -0.465 e. The Bertz CT molecular complexity index is 701. The third-order valence-corrected chi connectivity index (χ3v) is 3.07. The van der Waals surface area contributed by atoms with Crippen LogP contribution in [0.1, 0.15) is 20.7 Å². The quantitative estimate of drug-likeness (QED) is 0.674. The van der Waals surface area contributed by atoms with Crippen molar-refractivity contribution in [2.75, 3.05) is 18.2 Å². The number of hydrogen-bond donors (Lipinski definition) is 2. The van der Waals surface area contributed by atoms with Gasteiger partial charge in [0.2, 0.25) is 0 Å². The third-order valence-electron chi connectivity index (χ3n) is 2.84. The van der Waals surface area contributed by atoms with E-state index in [0.717, 1.165) is 0 Å². The third kappa shape index (κ3) is 3.32. The second-order valence-electron chi connectivity index (χ2n) is 4.22. The molecule has 0 fully saturated rings. The van der Waals surface area contributed by atoms with Crippen LogP contribution in [0.2, 0.25) is 5.02 Å². The van der Waals surface area contributed by atoms with Crippen LogP contribution >= 0.6 is 11.6 Å². The van der Waals surface area contributed by atoms with Gasteiger partial charge in [0.1, 0.15) is 0 Å². The zero-order valence-corrected chi connectivity index (χ0v) is 12.0. The van der Waals surface area contributed by atoms with Gasteiger partial charge in [-0.3, -0.25) is 4.79 Å². The number of rotatable bonds is 3. The Morgan fingerprint density at radius 3 is 2.52 bits per heavy atom. The Morgan fingerprint density at radius 1 is 1.14 bits per heavy atom. The summed E-state index contributed by atoms with van der Waals surface area (Å²) in [7, 11) is 1.28. The summed E-state index contributed by atoms with van der Waals surface area (Å²) in [6.45, 7) is 0. The van der Waals surface area contributed by atoms with Crippen molar-refractivity contribution in [3.05, 3.63) is 58.6 Å². The van der Waals surface area contributed by atoms with Crippen LogP contribution in [0.5, 0.6) is 0 Å². The zero-order valence-electron chi connectivity index (χ0n) is 11.2. The van der Waals surface area contributed by atoms with Crippen LogP contribution in [0.15, 0.2) is 42.5 Å². The molecule has 3 N–H and O–H groups in total. The number of nitrogen functional groups attached to an aromatic ring is 1. The number of nitrogens with two attached hydrogens (primary N) is 1. The maximum Gasteiger partial charge on any atom is 0.339 e. The van der Waals surface area contributed by atoms with Crippen LogP contribution < -0.4 is 11.1 Å². The topological polar surface area (TPSA) is 81.4 Å². The summed E-state index contributed by atoms with van der Waals surface area (Å²) in [6, 6.07) is 11.1. The summed E-state index contributed by atoms with van der Waals surface area (Å²) < 4.78 is 4.67. The molecule has 6 heteroatoms. The first-order chi connectivity index (χ1) is 10.0. The first kappa shape index (κ1) is 14.9. The van der Waals surface area contributed by atoms with Crippen LogP contribution in [-0.4, -0.2) is 19.0 Å². The number of para-hydroxylation sites is 1. The number of methoxy groups -OCH3 is 1. The molecule has 0 aliphatic rings. The molecule has 2 aromatic rings. The molecule has 2 rings (SSSR count). The van der Waals surface area contributed by atoms with Crippen molar-refractivity contribution in [2.45, 2.75) is 0 Å². The van der Waals surface area contributed by atoms with Crippen LogP contribution in [0.25, 0.3) is 0 Å². The van der Waals surface area contributed by atoms with Crippen LogP contribution in [-0.2, 0) is 4.74 Å². The Labute approximate surface area is 126 Å². The second kappa shape index (κ2) is 6.28. The predicted molar refractivity (Wildman–Crippen MR) is 81.6 cm³/mol. The lowest BCUT2D eigenvalue weighted by atomic mass is 10.1. The number of amides is 1. The van der Waals surface area contributed by atoms with Gasteiger partial charge in [0.25, 0.3) is 5.91 Å². The molecule has 2 aromatic carbocycles. The molecule has 0 aliphatic carbocycles. The van der Waals surface area contributed by atoms with Gasteiger partial charge in [-0.25, -0.2) is 4.79 Å². The van der Waals surface area contributed by atoms with Crippen molar-refractivity contribution in [1.29, 1.82) is 0 Å². The van der Waals surface area contributed by atoms with Crippen molar-refractivity contribution in [1.82, 2.24) is 0 Å². The van der Waals surface area contributed by atoms with Crippen molar-refractivity contribution in [3.8, 4) is 0 Å². The van der Waals surface area contributed by atoms with Gasteiger partial charge in [-0.15, -0.1) is 0 Å². The van der Waals surface area contributed by atoms with Gasteiger partial charge in [0, 0.05) is 10.7 Å². The normalized spacial score (nSPS) is 10.0. The summed E-state index contributed by atoms with van der Waals surface area (Å²) in [5, 5.41) is 3.08. The largest absolute Gasteiger partial charge is 0.465 e. The number of esters is 1. The molecule has 0 saturated carbocycles. The van der Waals surface area contributed by atoms with Gasteiger partial charge >= 0.3 is 5.97 Å². The summed E-state index contributed by atoms with van der Waals surface area (Å²) in [6.07, 6.45) is 0. The average molecular weight is 305 g/mol. The van der Waals surface area contributed by atoms with Gasteiger partial charge in [0.05, 0.1) is 23.9 Å². The summed E-state index contributed by atoms with van der Waals surface area (Å²) >= 11 is 5.79. The molecule has 0 unspecified atom stereocenters. The Kier molecular flexibility index (Phi) is 4.45. The highest BCUT2D eigenvalue weighted by Gasteiger charge is 2.15. The summed E-state index contributed by atoms with van der Waals surface area (Å²) in [4.78, 5) is 23.9. The molecule has 5 nitrogen and oxygen atoms in total. The van der Waals surface area contributed by atoms with E-state index in [1.54, 1.807) is 30.3 Å². The maximum atomic E-state index is 12.2. The fraction of sp³-hybridized carbons (Fsp3) is 0.0667. The van der Waals surface area contributed by atoms with E-state index in [0.29, 0.717) is 10.7 Å². The minimum absolute atomic E-state index is 0.260. The number of halogens is 1. The van der Waals surface area contributed by atoms with Gasteiger partial charge in [0.15, 0.2) is 0 Å². The standard InChI is InChI=1S/C15H13ClN2O3/c1-21-15(20)11-4-2-3-5-13(11)18-14(19)10-7-6-9(16)8-12(10)17/h2-8H,17H2,1H3,(H,18,19). The molecule has 0 spiro atoms. The van der Waals surface area contributed by atoms with E-state index in [1.807, 2.05) is 0 Å². The van der Waals surface area contributed by atoms with E-state index in [-0.39, 0.29) is 16.8 Å². The number of nitrogens with one attached hydrogen (secondary N) is 1. The lowest BCUT2D eigenvalue weighted by molar-refractivity contribution is 0.0602. The molecule has 0 radical (unpaired) electrons. The molecule has 21 heavy (non-hydrogen) atoms. The SMILES string of the molecule is COC(=O)c1ccccc1NC(=O)c1ccc(Cl)cc1N.